The van der Waals surface area contributed by atoms with Crippen LogP contribution in [-0.2, 0) is 10.2 Å². The molecule has 6 nitrogen and oxygen atoms in total. The van der Waals surface area contributed by atoms with E-state index in [1.54, 1.807) is 12.1 Å². The third-order valence-electron chi connectivity index (χ3n) is 6.80. The van der Waals surface area contributed by atoms with Crippen LogP contribution in [-0.4, -0.2) is 33.3 Å². The Bertz CT molecular complexity index is 1410. The van der Waals surface area contributed by atoms with Crippen LogP contribution in [0.1, 0.15) is 75.0 Å². The second kappa shape index (κ2) is 11.2. The van der Waals surface area contributed by atoms with Gasteiger partial charge in [-0.25, -0.2) is 0 Å². The third-order valence-corrected chi connectivity index (χ3v) is 6.80. The zero-order valence-electron chi connectivity index (χ0n) is 22.9. The quantitative estimate of drug-likeness (QED) is 0.258. The van der Waals surface area contributed by atoms with E-state index in [2.05, 4.69) is 88.6 Å². The van der Waals surface area contributed by atoms with Gasteiger partial charge in [-0.15, -0.1) is 0 Å². The molecule has 198 valence electrons. The predicted molar refractivity (Wildman–Crippen MR) is 152 cm³/mol. The van der Waals surface area contributed by atoms with Crippen LogP contribution in [0.15, 0.2) is 72.9 Å². The number of hydrogen-bond donors (Lipinski definition) is 2. The van der Waals surface area contributed by atoms with Crippen molar-refractivity contribution in [3.8, 4) is 11.1 Å². The molecule has 0 aliphatic rings. The summed E-state index contributed by atoms with van der Waals surface area (Å²) < 4.78 is 2.04. The predicted octanol–water partition coefficient (Wildman–Crippen LogP) is 6.84. The summed E-state index contributed by atoms with van der Waals surface area (Å²) in [6.07, 6.45) is 2.91. The van der Waals surface area contributed by atoms with Gasteiger partial charge in [-0.3, -0.25) is 14.3 Å². The van der Waals surface area contributed by atoms with Crippen molar-refractivity contribution in [2.75, 3.05) is 6.54 Å². The molecule has 0 saturated heterocycles. The van der Waals surface area contributed by atoms with Gasteiger partial charge in [-0.05, 0) is 64.3 Å². The Hall–Kier alpha value is -3.93. The zero-order valence-corrected chi connectivity index (χ0v) is 22.9. The van der Waals surface area contributed by atoms with Gasteiger partial charge in [0.15, 0.2) is 0 Å². The van der Waals surface area contributed by atoms with E-state index >= 15 is 0 Å². The Balaban J connectivity index is 1.58. The summed E-state index contributed by atoms with van der Waals surface area (Å²) in [4.78, 5) is 23.1. The van der Waals surface area contributed by atoms with Crippen LogP contribution >= 0.6 is 0 Å². The first-order valence-corrected chi connectivity index (χ1v) is 13.2. The van der Waals surface area contributed by atoms with Gasteiger partial charge in [0.05, 0.1) is 18.0 Å². The molecule has 0 aliphatic heterocycles. The van der Waals surface area contributed by atoms with Crippen molar-refractivity contribution in [2.24, 2.45) is 5.92 Å². The number of fused-ring (bicyclic) bond motifs is 1. The zero-order chi connectivity index (χ0) is 27.4. The summed E-state index contributed by atoms with van der Waals surface area (Å²) in [7, 11) is 0. The maximum absolute atomic E-state index is 12.4. The SMILES string of the molecule is CC(C)CC(c1ccc(C(=O)NCCC(=O)O)cc1)n1cc2cc(-c3ccc(C(C)(C)C)cc3)ccc2n1. The van der Waals surface area contributed by atoms with Gasteiger partial charge in [0.25, 0.3) is 5.91 Å². The fraction of sp³-hybridized carbons (Fsp3) is 0.344. The van der Waals surface area contributed by atoms with Crippen LogP contribution in [0.25, 0.3) is 22.0 Å². The molecule has 4 rings (SSSR count). The maximum atomic E-state index is 12.4. The Kier molecular flexibility index (Phi) is 8.00. The molecule has 0 aliphatic carbocycles. The van der Waals surface area contributed by atoms with E-state index in [0.717, 1.165) is 28.5 Å². The minimum atomic E-state index is -0.936. The molecule has 6 heteroatoms. The Morgan fingerprint density at radius 1 is 0.947 bits per heavy atom. The topological polar surface area (TPSA) is 84.2 Å². The highest BCUT2D eigenvalue weighted by Gasteiger charge is 2.19. The van der Waals surface area contributed by atoms with Crippen molar-refractivity contribution >= 4 is 22.8 Å². The van der Waals surface area contributed by atoms with Crippen molar-refractivity contribution in [1.82, 2.24) is 15.1 Å². The average molecular weight is 512 g/mol. The van der Waals surface area contributed by atoms with Gasteiger partial charge in [-0.2, -0.15) is 5.10 Å². The molecule has 0 saturated carbocycles. The molecule has 3 aromatic carbocycles. The van der Waals surface area contributed by atoms with Crippen LogP contribution in [0.4, 0.5) is 0 Å². The van der Waals surface area contributed by atoms with E-state index in [1.165, 1.54) is 11.1 Å². The summed E-state index contributed by atoms with van der Waals surface area (Å²) in [6, 6.07) is 22.7. The molecule has 0 radical (unpaired) electrons. The number of carbonyl (C=O) groups excluding carboxylic acids is 1. The minimum Gasteiger partial charge on any atom is -0.481 e. The number of aromatic nitrogens is 2. The number of benzene rings is 3. The summed E-state index contributed by atoms with van der Waals surface area (Å²) in [5.41, 5.74) is 6.32. The maximum Gasteiger partial charge on any atom is 0.305 e. The van der Waals surface area contributed by atoms with Crippen LogP contribution in [0.2, 0.25) is 0 Å². The Morgan fingerprint density at radius 2 is 1.61 bits per heavy atom. The summed E-state index contributed by atoms with van der Waals surface area (Å²) >= 11 is 0. The van der Waals surface area contributed by atoms with Gasteiger partial charge >= 0.3 is 5.97 Å². The van der Waals surface area contributed by atoms with E-state index in [9.17, 15) is 9.59 Å². The van der Waals surface area contributed by atoms with E-state index in [1.807, 2.05) is 16.8 Å². The van der Waals surface area contributed by atoms with E-state index in [-0.39, 0.29) is 30.3 Å². The van der Waals surface area contributed by atoms with Gasteiger partial charge in [-0.1, -0.05) is 77.1 Å². The lowest BCUT2D eigenvalue weighted by Crippen LogP contribution is -2.26. The number of aliphatic carboxylic acids is 1. The molecule has 4 aromatic rings. The molecular weight excluding hydrogens is 474 g/mol. The van der Waals surface area contributed by atoms with Crippen molar-refractivity contribution in [2.45, 2.75) is 58.9 Å². The molecule has 1 atom stereocenters. The Morgan fingerprint density at radius 3 is 2.21 bits per heavy atom. The summed E-state index contributed by atoms with van der Waals surface area (Å²) in [6.45, 7) is 11.2. The first-order valence-electron chi connectivity index (χ1n) is 13.2. The van der Waals surface area contributed by atoms with Crippen LogP contribution in [0, 0.1) is 5.92 Å². The van der Waals surface area contributed by atoms with Gasteiger partial charge in [0.2, 0.25) is 0 Å². The largest absolute Gasteiger partial charge is 0.481 e. The van der Waals surface area contributed by atoms with Gasteiger partial charge < -0.3 is 10.4 Å². The second-order valence-corrected chi connectivity index (χ2v) is 11.4. The molecule has 1 aromatic heterocycles. The lowest BCUT2D eigenvalue weighted by Gasteiger charge is -2.20. The third kappa shape index (κ3) is 6.49. The fourth-order valence-corrected chi connectivity index (χ4v) is 4.63. The van der Waals surface area contributed by atoms with Crippen LogP contribution in [0.5, 0.6) is 0 Å². The first-order chi connectivity index (χ1) is 18.0. The average Bonchev–Trinajstić information content (AvgIpc) is 3.30. The molecule has 0 fully saturated rings. The molecule has 1 unspecified atom stereocenters. The highest BCUT2D eigenvalue weighted by molar-refractivity contribution is 5.94. The number of nitrogens with zero attached hydrogens (tertiary/aromatic N) is 2. The number of rotatable bonds is 9. The minimum absolute atomic E-state index is 0.0287. The van der Waals surface area contributed by atoms with Crippen molar-refractivity contribution < 1.29 is 14.7 Å². The Labute approximate surface area is 224 Å². The van der Waals surface area contributed by atoms with Gasteiger partial charge in [0, 0.05) is 23.7 Å². The van der Waals surface area contributed by atoms with Crippen LogP contribution < -0.4 is 5.32 Å². The lowest BCUT2D eigenvalue weighted by atomic mass is 9.86. The molecule has 0 bridgehead atoms. The smallest absolute Gasteiger partial charge is 0.305 e. The number of carbonyl (C=O) groups is 2. The first kappa shape index (κ1) is 27.1. The number of carboxylic acids is 1. The standard InChI is InChI=1S/C32H37N3O3/c1-21(2)18-29(23-6-8-24(9-7-23)31(38)33-17-16-30(36)37)35-20-26-19-25(12-15-28(26)34-35)22-10-13-27(14-11-22)32(3,4)5/h6-15,19-21,29H,16-18H2,1-5H3,(H,33,38)(H,36,37). The van der Waals surface area contributed by atoms with Crippen molar-refractivity contribution in [3.63, 3.8) is 0 Å². The van der Waals surface area contributed by atoms with Crippen LogP contribution in [0.3, 0.4) is 0 Å². The highest BCUT2D eigenvalue weighted by Crippen LogP contribution is 2.31. The van der Waals surface area contributed by atoms with Crippen molar-refractivity contribution in [1.29, 1.82) is 0 Å². The molecular formula is C32H37N3O3. The lowest BCUT2D eigenvalue weighted by molar-refractivity contribution is -0.136. The fourth-order valence-electron chi connectivity index (χ4n) is 4.63. The number of amides is 1. The van der Waals surface area contributed by atoms with E-state index in [0.29, 0.717) is 11.5 Å². The number of carboxylic acid groups (broad SMARTS) is 1. The van der Waals surface area contributed by atoms with Gasteiger partial charge in [0.1, 0.15) is 0 Å². The monoisotopic (exact) mass is 511 g/mol. The molecule has 0 spiro atoms. The van der Waals surface area contributed by atoms with Crippen molar-refractivity contribution in [3.05, 3.63) is 89.6 Å². The highest BCUT2D eigenvalue weighted by atomic mass is 16.4. The normalized spacial score (nSPS) is 12.6. The number of hydrogen-bond acceptors (Lipinski definition) is 3. The summed E-state index contributed by atoms with van der Waals surface area (Å²) in [5.74, 6) is -0.761. The number of nitrogens with one attached hydrogen (secondary N) is 1. The molecule has 1 amide bonds. The van der Waals surface area contributed by atoms with E-state index in [4.69, 9.17) is 10.2 Å². The second-order valence-electron chi connectivity index (χ2n) is 11.4. The summed E-state index contributed by atoms with van der Waals surface area (Å²) in [5, 5.41) is 17.4. The van der Waals surface area contributed by atoms with E-state index < -0.39 is 5.97 Å². The molecule has 38 heavy (non-hydrogen) atoms. The molecule has 1 heterocycles. The molecule has 2 N–H and O–H groups in total.